The van der Waals surface area contributed by atoms with Crippen LogP contribution < -0.4 is 4.74 Å². The van der Waals surface area contributed by atoms with Crippen LogP contribution in [0.2, 0.25) is 0 Å². The summed E-state index contributed by atoms with van der Waals surface area (Å²) in [4.78, 5) is 15.9. The van der Waals surface area contributed by atoms with Gasteiger partial charge in [0.1, 0.15) is 23.1 Å². The van der Waals surface area contributed by atoms with Crippen molar-refractivity contribution >= 4 is 69.0 Å². The Morgan fingerprint density at radius 1 is 1.25 bits per heavy atom. The van der Waals surface area contributed by atoms with E-state index in [1.54, 1.807) is 13.0 Å². The largest absolute Gasteiger partial charge is 0.487 e. The minimum absolute atomic E-state index is 0.142. The summed E-state index contributed by atoms with van der Waals surface area (Å²) in [6, 6.07) is 13.7. The number of H-pyrrole nitrogens is 1. The highest BCUT2D eigenvalue weighted by molar-refractivity contribution is 14.1. The Hall–Kier alpha value is -1.60. The molecule has 0 saturated heterocycles. The van der Waals surface area contributed by atoms with E-state index < -0.39 is 5.97 Å². The molecule has 0 bridgehead atoms. The van der Waals surface area contributed by atoms with Crippen LogP contribution in [0, 0.1) is 14.1 Å². The zero-order valence-electron chi connectivity index (χ0n) is 14.6. The molecule has 0 atom stereocenters. The smallest absolute Gasteiger partial charge is 0.342 e. The van der Waals surface area contributed by atoms with E-state index in [2.05, 4.69) is 60.4 Å². The maximum absolute atomic E-state index is 11.6. The first kappa shape index (κ1) is 21.1. The van der Waals surface area contributed by atoms with Crippen LogP contribution >= 0.6 is 56.9 Å². The second kappa shape index (κ2) is 9.74. The second-order valence-electron chi connectivity index (χ2n) is 5.71. The zero-order chi connectivity index (χ0) is 20.1. The van der Waals surface area contributed by atoms with Crippen LogP contribution in [0.15, 0.2) is 52.5 Å². The summed E-state index contributed by atoms with van der Waals surface area (Å²) in [5.41, 5.74) is 1.86. The predicted molar refractivity (Wildman–Crippen MR) is 125 cm³/mol. The van der Waals surface area contributed by atoms with Crippen molar-refractivity contribution in [2.24, 2.45) is 0 Å². The molecule has 144 valence electrons. The van der Waals surface area contributed by atoms with Gasteiger partial charge in [-0.2, -0.15) is 0 Å². The fraction of sp³-hybridized carbons (Fsp3) is 0.105. The third kappa shape index (κ3) is 5.70. The highest BCUT2D eigenvalue weighted by Crippen LogP contribution is 2.32. The number of carbonyl (C=O) groups is 1. The lowest BCUT2D eigenvalue weighted by atomic mass is 10.2. The van der Waals surface area contributed by atoms with E-state index in [0.717, 1.165) is 35.8 Å². The van der Waals surface area contributed by atoms with Crippen LogP contribution in [0.25, 0.3) is 6.08 Å². The van der Waals surface area contributed by atoms with E-state index in [1.165, 1.54) is 0 Å². The number of benzene rings is 2. The fourth-order valence-corrected chi connectivity index (χ4v) is 5.16. The minimum atomic E-state index is -1.03. The average molecular weight is 619 g/mol. The summed E-state index contributed by atoms with van der Waals surface area (Å²) in [6.45, 7) is 2.24. The Labute approximate surface area is 193 Å². The summed E-state index contributed by atoms with van der Waals surface area (Å²) < 4.78 is 7.80. The van der Waals surface area contributed by atoms with Crippen molar-refractivity contribution in [2.75, 3.05) is 0 Å². The molecule has 28 heavy (non-hydrogen) atoms. The number of thioether (sulfide) groups is 1. The van der Waals surface area contributed by atoms with Crippen LogP contribution in [0.4, 0.5) is 0 Å². The van der Waals surface area contributed by atoms with Crippen molar-refractivity contribution < 1.29 is 14.6 Å². The molecular formula is C19H15I2N3O3S. The van der Waals surface area contributed by atoms with Gasteiger partial charge in [0.05, 0.1) is 7.14 Å². The van der Waals surface area contributed by atoms with E-state index in [4.69, 9.17) is 4.74 Å². The predicted octanol–water partition coefficient (Wildman–Crippen LogP) is 5.12. The van der Waals surface area contributed by atoms with Gasteiger partial charge in [0.15, 0.2) is 0 Å². The number of aliphatic carboxylic acids is 1. The minimum Gasteiger partial charge on any atom is -0.487 e. The van der Waals surface area contributed by atoms with Crippen LogP contribution in [-0.4, -0.2) is 26.3 Å². The van der Waals surface area contributed by atoms with Crippen LogP contribution in [-0.2, 0) is 11.4 Å². The van der Waals surface area contributed by atoms with E-state index in [0.29, 0.717) is 17.6 Å². The SMILES string of the molecule is Cc1nc(S/C(=C\c2cc(I)c(OCc3ccccc3)c(I)c2)C(=O)O)n[nH]1. The first-order chi connectivity index (χ1) is 13.4. The van der Waals surface area contributed by atoms with Gasteiger partial charge >= 0.3 is 5.97 Å². The number of carboxylic acids is 1. The number of aryl methyl sites for hydroxylation is 1. The lowest BCUT2D eigenvalue weighted by Crippen LogP contribution is -2.00. The average Bonchev–Trinajstić information content (AvgIpc) is 3.06. The number of aromatic nitrogens is 3. The summed E-state index contributed by atoms with van der Waals surface area (Å²) in [5.74, 6) is 0.398. The molecule has 0 aliphatic heterocycles. The molecule has 0 spiro atoms. The van der Waals surface area contributed by atoms with Gasteiger partial charge in [0.2, 0.25) is 5.16 Å². The zero-order valence-corrected chi connectivity index (χ0v) is 19.8. The monoisotopic (exact) mass is 619 g/mol. The Morgan fingerprint density at radius 3 is 2.50 bits per heavy atom. The number of hydrogen-bond acceptors (Lipinski definition) is 5. The van der Waals surface area contributed by atoms with Crippen molar-refractivity contribution in [3.8, 4) is 5.75 Å². The molecule has 6 nitrogen and oxygen atoms in total. The number of rotatable bonds is 7. The van der Waals surface area contributed by atoms with Gasteiger partial charge in [-0.1, -0.05) is 30.3 Å². The number of aromatic amines is 1. The van der Waals surface area contributed by atoms with Crippen molar-refractivity contribution in [3.63, 3.8) is 0 Å². The van der Waals surface area contributed by atoms with Gasteiger partial charge in [-0.3, -0.25) is 5.10 Å². The van der Waals surface area contributed by atoms with Crippen molar-refractivity contribution in [2.45, 2.75) is 18.7 Å². The van der Waals surface area contributed by atoms with Gasteiger partial charge in [0.25, 0.3) is 0 Å². The number of nitrogens with one attached hydrogen (secondary N) is 1. The highest BCUT2D eigenvalue weighted by atomic mass is 127. The van der Waals surface area contributed by atoms with Gasteiger partial charge in [-0.15, -0.1) is 5.10 Å². The molecule has 3 aromatic rings. The topological polar surface area (TPSA) is 88.1 Å². The lowest BCUT2D eigenvalue weighted by molar-refractivity contribution is -0.131. The molecule has 1 heterocycles. The molecule has 0 unspecified atom stereocenters. The number of nitrogens with zero attached hydrogens (tertiary/aromatic N) is 2. The Balaban J connectivity index is 1.81. The summed E-state index contributed by atoms with van der Waals surface area (Å²) >= 11 is 5.41. The molecule has 2 aromatic carbocycles. The van der Waals surface area contributed by atoms with Crippen molar-refractivity contribution in [1.82, 2.24) is 15.2 Å². The maximum Gasteiger partial charge on any atom is 0.342 e. The molecule has 0 amide bonds. The first-order valence-corrected chi connectivity index (χ1v) is 11.1. The van der Waals surface area contributed by atoms with E-state index in [-0.39, 0.29) is 4.91 Å². The normalized spacial score (nSPS) is 11.5. The van der Waals surface area contributed by atoms with Crippen LogP contribution in [0.3, 0.4) is 0 Å². The van der Waals surface area contributed by atoms with Gasteiger partial charge in [0, 0.05) is 0 Å². The standard InChI is InChI=1S/C19H15I2N3O3S/c1-11-22-19(24-23-11)28-16(18(25)26)9-13-7-14(20)17(15(21)8-13)27-10-12-5-3-2-4-6-12/h2-9H,10H2,1H3,(H,25,26)(H,22,23,24)/b16-9-. The Morgan fingerprint density at radius 2 is 1.93 bits per heavy atom. The number of carboxylic acid groups (broad SMARTS) is 1. The molecule has 0 aliphatic rings. The Bertz CT molecular complexity index is 999. The molecule has 3 rings (SSSR count). The van der Waals surface area contributed by atoms with E-state index in [1.807, 2.05) is 42.5 Å². The van der Waals surface area contributed by atoms with Gasteiger partial charge in [-0.05, 0) is 93.2 Å². The van der Waals surface area contributed by atoms with Gasteiger partial charge < -0.3 is 9.84 Å². The van der Waals surface area contributed by atoms with Crippen LogP contribution in [0.1, 0.15) is 17.0 Å². The lowest BCUT2D eigenvalue weighted by Gasteiger charge is -2.12. The third-order valence-corrected chi connectivity index (χ3v) is 6.01. The van der Waals surface area contributed by atoms with Crippen molar-refractivity contribution in [3.05, 3.63) is 71.5 Å². The molecule has 0 fully saturated rings. The number of halogens is 2. The maximum atomic E-state index is 11.6. The first-order valence-electron chi connectivity index (χ1n) is 8.10. The fourth-order valence-electron chi connectivity index (χ4n) is 2.28. The van der Waals surface area contributed by atoms with Crippen molar-refractivity contribution in [1.29, 1.82) is 0 Å². The third-order valence-electron chi connectivity index (χ3n) is 3.53. The second-order valence-corrected chi connectivity index (χ2v) is 9.04. The van der Waals surface area contributed by atoms with E-state index in [9.17, 15) is 9.90 Å². The summed E-state index contributed by atoms with van der Waals surface area (Å²) in [5, 5.41) is 16.6. The highest BCUT2D eigenvalue weighted by Gasteiger charge is 2.15. The van der Waals surface area contributed by atoms with Crippen LogP contribution in [0.5, 0.6) is 5.75 Å². The Kier molecular flexibility index (Phi) is 7.35. The quantitative estimate of drug-likeness (QED) is 0.217. The number of ether oxygens (including phenoxy) is 1. The summed E-state index contributed by atoms with van der Waals surface area (Å²) in [6.07, 6.45) is 1.62. The molecule has 0 saturated carbocycles. The molecule has 2 N–H and O–H groups in total. The van der Waals surface area contributed by atoms with E-state index >= 15 is 0 Å². The number of hydrogen-bond donors (Lipinski definition) is 2. The van der Waals surface area contributed by atoms with Gasteiger partial charge in [-0.25, -0.2) is 9.78 Å². The molecular weight excluding hydrogens is 604 g/mol. The molecule has 0 radical (unpaired) electrons. The summed E-state index contributed by atoms with van der Waals surface area (Å²) in [7, 11) is 0. The molecule has 9 heteroatoms. The molecule has 0 aliphatic carbocycles. The molecule has 1 aromatic heterocycles.